The lowest BCUT2D eigenvalue weighted by Crippen LogP contribution is -2.26. The fraction of sp³-hybridized carbons (Fsp3) is 0.273. The molecule has 1 heterocycles. The second-order valence-electron chi connectivity index (χ2n) is 6.31. The molecule has 1 N–H and O–H groups in total. The normalized spacial score (nSPS) is 10.6. The van der Waals surface area contributed by atoms with Gasteiger partial charge in [0.1, 0.15) is 0 Å². The van der Waals surface area contributed by atoms with Crippen LogP contribution in [0.3, 0.4) is 0 Å². The van der Waals surface area contributed by atoms with Gasteiger partial charge in [-0.05, 0) is 56.3 Å². The molecule has 0 fully saturated rings. The summed E-state index contributed by atoms with van der Waals surface area (Å²) in [6.45, 7) is 6.73. The second-order valence-corrected chi connectivity index (χ2v) is 6.31. The monoisotopic (exact) mass is 362 g/mol. The van der Waals surface area contributed by atoms with Crippen molar-refractivity contribution in [3.63, 3.8) is 0 Å². The molecule has 27 heavy (non-hydrogen) atoms. The average Bonchev–Trinajstić information content (AvgIpc) is 3.19. The highest BCUT2D eigenvalue weighted by Crippen LogP contribution is 2.15. The van der Waals surface area contributed by atoms with Crippen molar-refractivity contribution in [3.05, 3.63) is 78.1 Å². The number of aromatic nitrogens is 2. The summed E-state index contributed by atoms with van der Waals surface area (Å²) < 4.78 is 1.85. The van der Waals surface area contributed by atoms with Crippen LogP contribution < -0.4 is 10.2 Å². The van der Waals surface area contributed by atoms with Crippen LogP contribution in [0, 0.1) is 0 Å². The van der Waals surface area contributed by atoms with E-state index in [1.165, 1.54) is 0 Å². The van der Waals surface area contributed by atoms with Gasteiger partial charge in [-0.1, -0.05) is 18.2 Å². The number of hydrogen-bond donors (Lipinski definition) is 1. The Bertz CT molecular complexity index is 852. The molecule has 0 unspecified atom stereocenters. The zero-order valence-corrected chi connectivity index (χ0v) is 15.9. The summed E-state index contributed by atoms with van der Waals surface area (Å²) in [4.78, 5) is 14.6. The summed E-state index contributed by atoms with van der Waals surface area (Å²) >= 11 is 0. The van der Waals surface area contributed by atoms with E-state index < -0.39 is 0 Å². The third-order valence-electron chi connectivity index (χ3n) is 4.59. The van der Waals surface area contributed by atoms with Crippen LogP contribution in [-0.4, -0.2) is 35.3 Å². The van der Waals surface area contributed by atoms with E-state index in [4.69, 9.17) is 0 Å². The van der Waals surface area contributed by atoms with Gasteiger partial charge >= 0.3 is 0 Å². The van der Waals surface area contributed by atoms with Gasteiger partial charge in [-0.3, -0.25) is 4.79 Å². The molecule has 3 rings (SSSR count). The van der Waals surface area contributed by atoms with E-state index >= 15 is 0 Å². The lowest BCUT2D eigenvalue weighted by atomic mass is 10.1. The largest absolute Gasteiger partial charge is 0.372 e. The first kappa shape index (κ1) is 18.7. The van der Waals surface area contributed by atoms with E-state index in [2.05, 4.69) is 29.2 Å². The highest BCUT2D eigenvalue weighted by atomic mass is 16.1. The lowest BCUT2D eigenvalue weighted by molar-refractivity contribution is 0.0954. The molecule has 0 aliphatic carbocycles. The standard InChI is InChI=1S/C22H26N4O/c1-3-25(4-2)20-12-10-18(11-13-20)22(27)23-16-14-19-15-17-26(24-19)21-8-6-5-7-9-21/h5-13,15,17H,3-4,14,16H2,1-2H3,(H,23,27). The van der Waals surface area contributed by atoms with Crippen molar-refractivity contribution in [2.45, 2.75) is 20.3 Å². The fourth-order valence-corrected chi connectivity index (χ4v) is 3.04. The average molecular weight is 362 g/mol. The maximum Gasteiger partial charge on any atom is 0.251 e. The van der Waals surface area contributed by atoms with Gasteiger partial charge in [-0.2, -0.15) is 5.10 Å². The van der Waals surface area contributed by atoms with E-state index in [1.54, 1.807) is 0 Å². The second kappa shape index (κ2) is 9.03. The van der Waals surface area contributed by atoms with Gasteiger partial charge in [0, 0.05) is 43.5 Å². The lowest BCUT2D eigenvalue weighted by Gasteiger charge is -2.21. The van der Waals surface area contributed by atoms with E-state index in [0.717, 1.165) is 30.2 Å². The highest BCUT2D eigenvalue weighted by Gasteiger charge is 2.08. The number of hydrogen-bond acceptors (Lipinski definition) is 3. The topological polar surface area (TPSA) is 50.2 Å². The molecule has 1 amide bonds. The molecule has 0 atom stereocenters. The van der Waals surface area contributed by atoms with Crippen molar-refractivity contribution in [2.24, 2.45) is 0 Å². The Kier molecular flexibility index (Phi) is 6.26. The van der Waals surface area contributed by atoms with Crippen molar-refractivity contribution in [1.82, 2.24) is 15.1 Å². The minimum absolute atomic E-state index is 0.0522. The van der Waals surface area contributed by atoms with Crippen LogP contribution in [0.2, 0.25) is 0 Å². The van der Waals surface area contributed by atoms with Crippen molar-refractivity contribution in [2.75, 3.05) is 24.5 Å². The Labute approximate surface area is 160 Å². The fourth-order valence-electron chi connectivity index (χ4n) is 3.04. The van der Waals surface area contributed by atoms with Crippen LogP contribution >= 0.6 is 0 Å². The summed E-state index contributed by atoms with van der Waals surface area (Å²) in [6, 6.07) is 19.7. The first-order valence-corrected chi connectivity index (χ1v) is 9.44. The van der Waals surface area contributed by atoms with Gasteiger partial charge in [0.05, 0.1) is 11.4 Å². The first-order valence-electron chi connectivity index (χ1n) is 9.44. The molecule has 0 saturated heterocycles. The van der Waals surface area contributed by atoms with Gasteiger partial charge in [0.25, 0.3) is 5.91 Å². The van der Waals surface area contributed by atoms with Crippen LogP contribution in [0.4, 0.5) is 5.69 Å². The van der Waals surface area contributed by atoms with Crippen LogP contribution in [0.15, 0.2) is 66.9 Å². The molecular weight excluding hydrogens is 336 g/mol. The number of para-hydroxylation sites is 1. The minimum Gasteiger partial charge on any atom is -0.372 e. The van der Waals surface area contributed by atoms with Crippen LogP contribution in [0.5, 0.6) is 0 Å². The Hall–Kier alpha value is -3.08. The summed E-state index contributed by atoms with van der Waals surface area (Å²) in [5, 5.41) is 7.53. The zero-order chi connectivity index (χ0) is 19.1. The summed E-state index contributed by atoms with van der Waals surface area (Å²) in [5.41, 5.74) is 3.81. The van der Waals surface area contributed by atoms with E-state index in [0.29, 0.717) is 18.5 Å². The molecule has 0 spiro atoms. The Balaban J connectivity index is 1.52. The molecule has 5 heteroatoms. The number of carbonyl (C=O) groups is 1. The molecule has 140 valence electrons. The van der Waals surface area contributed by atoms with Crippen molar-refractivity contribution in [1.29, 1.82) is 0 Å². The molecule has 0 aliphatic heterocycles. The van der Waals surface area contributed by atoms with E-state index in [9.17, 15) is 4.79 Å². The maximum absolute atomic E-state index is 12.3. The highest BCUT2D eigenvalue weighted by molar-refractivity contribution is 5.94. The molecule has 0 radical (unpaired) electrons. The van der Waals surface area contributed by atoms with Gasteiger partial charge < -0.3 is 10.2 Å². The number of rotatable bonds is 8. The number of benzene rings is 2. The predicted octanol–water partition coefficient (Wildman–Crippen LogP) is 3.69. The third kappa shape index (κ3) is 4.76. The molecule has 3 aromatic rings. The quantitative estimate of drug-likeness (QED) is 0.665. The molecule has 5 nitrogen and oxygen atoms in total. The Morgan fingerprint density at radius 2 is 1.70 bits per heavy atom. The van der Waals surface area contributed by atoms with Gasteiger partial charge in [-0.25, -0.2) is 4.68 Å². The predicted molar refractivity (Wildman–Crippen MR) is 110 cm³/mol. The summed E-state index contributed by atoms with van der Waals surface area (Å²) in [5.74, 6) is -0.0522. The van der Waals surface area contributed by atoms with Crippen molar-refractivity contribution < 1.29 is 4.79 Å². The molecule has 0 aliphatic rings. The number of anilines is 1. The summed E-state index contributed by atoms with van der Waals surface area (Å²) in [7, 11) is 0. The number of nitrogens with one attached hydrogen (secondary N) is 1. The molecule has 0 bridgehead atoms. The minimum atomic E-state index is -0.0522. The van der Waals surface area contributed by atoms with Gasteiger partial charge in [-0.15, -0.1) is 0 Å². The van der Waals surface area contributed by atoms with Gasteiger partial charge in [0.15, 0.2) is 0 Å². The SMILES string of the molecule is CCN(CC)c1ccc(C(=O)NCCc2ccn(-c3ccccc3)n2)cc1. The molecule has 0 saturated carbocycles. The Morgan fingerprint density at radius 3 is 2.37 bits per heavy atom. The number of amides is 1. The summed E-state index contributed by atoms with van der Waals surface area (Å²) in [6.07, 6.45) is 2.64. The number of carbonyl (C=O) groups excluding carboxylic acids is 1. The van der Waals surface area contributed by atoms with Crippen LogP contribution in [-0.2, 0) is 6.42 Å². The zero-order valence-electron chi connectivity index (χ0n) is 15.9. The molecule has 1 aromatic heterocycles. The van der Waals surface area contributed by atoms with Crippen molar-refractivity contribution in [3.8, 4) is 5.69 Å². The van der Waals surface area contributed by atoms with Crippen LogP contribution in [0.1, 0.15) is 29.9 Å². The maximum atomic E-state index is 12.3. The van der Waals surface area contributed by atoms with Gasteiger partial charge in [0.2, 0.25) is 0 Å². The van der Waals surface area contributed by atoms with E-state index in [1.807, 2.05) is 71.5 Å². The smallest absolute Gasteiger partial charge is 0.251 e. The van der Waals surface area contributed by atoms with Crippen molar-refractivity contribution >= 4 is 11.6 Å². The van der Waals surface area contributed by atoms with E-state index in [-0.39, 0.29) is 5.91 Å². The molecular formula is C22H26N4O. The van der Waals surface area contributed by atoms with Crippen LogP contribution in [0.25, 0.3) is 5.69 Å². The molecule has 2 aromatic carbocycles. The number of nitrogens with zero attached hydrogens (tertiary/aromatic N) is 3. The third-order valence-corrected chi connectivity index (χ3v) is 4.59. The first-order chi connectivity index (χ1) is 13.2. The Morgan fingerprint density at radius 1 is 1.00 bits per heavy atom.